The molecule has 3 rings (SSSR count). The van der Waals surface area contributed by atoms with Crippen LogP contribution in [0.15, 0.2) is 11.4 Å². The number of fused-ring (bicyclic) bond motifs is 2. The van der Waals surface area contributed by atoms with E-state index in [1.54, 1.807) is 18.1 Å². The van der Waals surface area contributed by atoms with Gasteiger partial charge in [0.25, 0.3) is 0 Å². The molecule has 1 aromatic heterocycles. The van der Waals surface area contributed by atoms with Gasteiger partial charge in [0.1, 0.15) is 6.17 Å². The van der Waals surface area contributed by atoms with Crippen molar-refractivity contribution in [2.24, 2.45) is 5.41 Å². The molecule has 1 amide bonds. The summed E-state index contributed by atoms with van der Waals surface area (Å²) in [6, 6.07) is -0.647. The van der Waals surface area contributed by atoms with Crippen molar-refractivity contribution in [2.45, 2.75) is 69.0 Å². The van der Waals surface area contributed by atoms with Crippen molar-refractivity contribution >= 4 is 23.7 Å². The monoisotopic (exact) mass is 383 g/mol. The van der Waals surface area contributed by atoms with Crippen molar-refractivity contribution in [2.75, 3.05) is 18.2 Å². The van der Waals surface area contributed by atoms with Crippen LogP contribution in [0, 0.1) is 5.41 Å². The number of halogens is 1. The number of hydrogen-bond donors (Lipinski definition) is 1. The van der Waals surface area contributed by atoms with Gasteiger partial charge in [0.05, 0.1) is 17.8 Å². The molecule has 4 atom stereocenters. The Labute approximate surface area is 157 Å². The lowest BCUT2D eigenvalue weighted by atomic mass is 9.66. The molecule has 2 bridgehead atoms. The van der Waals surface area contributed by atoms with Crippen molar-refractivity contribution in [3.05, 3.63) is 6.20 Å². The molecule has 1 N–H and O–H groups in total. The van der Waals surface area contributed by atoms with Gasteiger partial charge in [0.2, 0.25) is 5.16 Å². The molecule has 2 fully saturated rings. The number of thioether (sulfide) groups is 1. The third-order valence-corrected chi connectivity index (χ3v) is 6.59. The lowest BCUT2D eigenvalue weighted by molar-refractivity contribution is -0.0756. The van der Waals surface area contributed by atoms with E-state index in [9.17, 15) is 9.90 Å². The van der Waals surface area contributed by atoms with Crippen LogP contribution < -0.4 is 4.90 Å². The van der Waals surface area contributed by atoms with Crippen LogP contribution >= 0.6 is 11.8 Å². The fraction of sp³-hybridized carbons (Fsp3) is 0.765. The van der Waals surface area contributed by atoms with Gasteiger partial charge in [0.15, 0.2) is 5.82 Å². The Hall–Kier alpha value is -1.64. The van der Waals surface area contributed by atoms with Gasteiger partial charge in [-0.3, -0.25) is 4.90 Å². The van der Waals surface area contributed by atoms with Gasteiger partial charge in [-0.2, -0.15) is 0 Å². The number of hydrogen-bond acceptors (Lipinski definition) is 6. The number of piperidine rings is 1. The summed E-state index contributed by atoms with van der Waals surface area (Å²) in [4.78, 5) is 19.3. The normalized spacial score (nSPS) is 31.2. The first kappa shape index (κ1) is 19.1. The highest BCUT2D eigenvalue weighted by atomic mass is 32.2. The SMILES string of the molecule is CSc1ncc(N(C)[C@H]2C[C@@H]3CC[C@@](C(C)(C)C)([C@H]2F)N3C(=O)O)nn1. The van der Waals surface area contributed by atoms with E-state index in [1.165, 1.54) is 16.7 Å². The van der Waals surface area contributed by atoms with Crippen LogP contribution in [0.3, 0.4) is 0 Å². The zero-order valence-electron chi connectivity index (χ0n) is 15.8. The molecule has 2 aliphatic heterocycles. The van der Waals surface area contributed by atoms with E-state index in [1.807, 2.05) is 27.0 Å². The van der Waals surface area contributed by atoms with Crippen molar-refractivity contribution in [3.8, 4) is 0 Å². The van der Waals surface area contributed by atoms with Crippen LogP contribution in [-0.2, 0) is 0 Å². The highest BCUT2D eigenvalue weighted by Gasteiger charge is 2.65. The summed E-state index contributed by atoms with van der Waals surface area (Å²) in [5.74, 6) is 0.502. The molecule has 0 radical (unpaired) electrons. The van der Waals surface area contributed by atoms with E-state index in [4.69, 9.17) is 0 Å². The van der Waals surface area contributed by atoms with Gasteiger partial charge in [-0.05, 0) is 30.9 Å². The number of amides is 1. The average Bonchev–Trinajstić information content (AvgIpc) is 2.92. The maximum Gasteiger partial charge on any atom is 0.408 e. The van der Waals surface area contributed by atoms with Crippen molar-refractivity contribution in [1.82, 2.24) is 20.1 Å². The van der Waals surface area contributed by atoms with E-state index in [-0.39, 0.29) is 6.04 Å². The number of nitrogens with zero attached hydrogens (tertiary/aromatic N) is 5. The second-order valence-corrected chi connectivity index (χ2v) is 8.91. The summed E-state index contributed by atoms with van der Waals surface area (Å²) in [7, 11) is 1.79. The zero-order valence-corrected chi connectivity index (χ0v) is 16.6. The third-order valence-electron chi connectivity index (χ3n) is 6.04. The molecule has 3 heterocycles. The molecule has 144 valence electrons. The van der Waals surface area contributed by atoms with Crippen LogP contribution in [0.25, 0.3) is 0 Å². The Bertz CT molecular complexity index is 683. The molecule has 0 unspecified atom stereocenters. The summed E-state index contributed by atoms with van der Waals surface area (Å²) < 4.78 is 16.0. The van der Waals surface area contributed by atoms with Crippen molar-refractivity contribution in [3.63, 3.8) is 0 Å². The maximum atomic E-state index is 16.0. The summed E-state index contributed by atoms with van der Waals surface area (Å²) in [6.45, 7) is 5.78. The quantitative estimate of drug-likeness (QED) is 0.803. The first-order valence-electron chi connectivity index (χ1n) is 8.76. The Kier molecular flexibility index (Phi) is 4.79. The van der Waals surface area contributed by atoms with E-state index in [0.717, 1.165) is 0 Å². The first-order chi connectivity index (χ1) is 12.1. The van der Waals surface area contributed by atoms with Crippen LogP contribution in [-0.4, -0.2) is 68.4 Å². The average molecular weight is 383 g/mol. The zero-order chi connectivity index (χ0) is 19.3. The molecule has 7 nitrogen and oxygen atoms in total. The molecule has 0 spiro atoms. The van der Waals surface area contributed by atoms with Crippen LogP contribution in [0.2, 0.25) is 0 Å². The number of carboxylic acid groups (broad SMARTS) is 1. The minimum Gasteiger partial charge on any atom is -0.465 e. The third kappa shape index (κ3) is 2.71. The minimum atomic E-state index is -1.33. The smallest absolute Gasteiger partial charge is 0.408 e. The molecule has 0 saturated carbocycles. The van der Waals surface area contributed by atoms with Gasteiger partial charge >= 0.3 is 6.09 Å². The van der Waals surface area contributed by atoms with Gasteiger partial charge < -0.3 is 10.0 Å². The second-order valence-electron chi connectivity index (χ2n) is 8.14. The standard InChI is InChI=1S/C17H26FN5O2S/c1-16(2,3)17-7-6-10(23(17)15(24)25)8-11(13(17)18)22(4)12-9-19-14(26-5)21-20-12/h9-11,13H,6-8H2,1-5H3,(H,24,25)/t10-,11-,13-,17-/m0/s1. The van der Waals surface area contributed by atoms with E-state index in [2.05, 4.69) is 15.2 Å². The Balaban J connectivity index is 1.97. The number of rotatable bonds is 3. The fourth-order valence-corrected chi connectivity index (χ4v) is 4.97. The lowest BCUT2D eigenvalue weighted by Crippen LogP contribution is -2.70. The summed E-state index contributed by atoms with van der Waals surface area (Å²) in [5, 5.41) is 18.5. The van der Waals surface area contributed by atoms with Gasteiger partial charge in [-0.15, -0.1) is 10.2 Å². The van der Waals surface area contributed by atoms with Crippen LogP contribution in [0.4, 0.5) is 15.0 Å². The van der Waals surface area contributed by atoms with E-state index < -0.39 is 29.3 Å². The number of alkyl halides is 1. The largest absolute Gasteiger partial charge is 0.465 e. The maximum absolute atomic E-state index is 16.0. The number of aromatic nitrogens is 3. The molecule has 0 aliphatic carbocycles. The second kappa shape index (κ2) is 6.51. The highest BCUT2D eigenvalue weighted by molar-refractivity contribution is 7.98. The van der Waals surface area contributed by atoms with Gasteiger partial charge in [-0.1, -0.05) is 32.5 Å². The van der Waals surface area contributed by atoms with Gasteiger partial charge in [0, 0.05) is 13.1 Å². The molecule has 2 aliphatic rings. The summed E-state index contributed by atoms with van der Waals surface area (Å²) >= 11 is 1.39. The summed E-state index contributed by atoms with van der Waals surface area (Å²) in [5.41, 5.74) is -1.56. The van der Waals surface area contributed by atoms with Crippen molar-refractivity contribution in [1.29, 1.82) is 0 Å². The van der Waals surface area contributed by atoms with Crippen molar-refractivity contribution < 1.29 is 14.3 Å². The lowest BCUT2D eigenvalue weighted by Gasteiger charge is -2.56. The van der Waals surface area contributed by atoms with Gasteiger partial charge in [-0.25, -0.2) is 14.2 Å². The number of anilines is 1. The molecule has 2 saturated heterocycles. The van der Waals surface area contributed by atoms with E-state index in [0.29, 0.717) is 30.2 Å². The topological polar surface area (TPSA) is 82.5 Å². The van der Waals surface area contributed by atoms with Crippen LogP contribution in [0.1, 0.15) is 40.0 Å². The summed E-state index contributed by atoms with van der Waals surface area (Å²) in [6.07, 6.45) is 2.76. The Morgan fingerprint density at radius 1 is 1.46 bits per heavy atom. The fourth-order valence-electron chi connectivity index (χ4n) is 4.69. The predicted molar refractivity (Wildman–Crippen MR) is 98.4 cm³/mol. The highest BCUT2D eigenvalue weighted by Crippen LogP contribution is 2.55. The molecule has 9 heteroatoms. The van der Waals surface area contributed by atoms with E-state index >= 15 is 4.39 Å². The van der Waals surface area contributed by atoms with Crippen LogP contribution in [0.5, 0.6) is 0 Å². The molecule has 0 aromatic carbocycles. The first-order valence-corrected chi connectivity index (χ1v) is 9.99. The predicted octanol–water partition coefficient (Wildman–Crippen LogP) is 3.07. The Morgan fingerprint density at radius 3 is 2.65 bits per heavy atom. The molecule has 26 heavy (non-hydrogen) atoms. The Morgan fingerprint density at radius 2 is 2.15 bits per heavy atom. The molecular formula is C17H26FN5O2S. The molecular weight excluding hydrogens is 357 g/mol. The molecule has 1 aromatic rings. The number of carbonyl (C=O) groups is 1. The minimum absolute atomic E-state index is 0.183.